The molecule has 0 amide bonds. The van der Waals surface area contributed by atoms with Gasteiger partial charge in [-0.1, -0.05) is 0 Å². The summed E-state index contributed by atoms with van der Waals surface area (Å²) in [5.41, 5.74) is 1.64. The predicted molar refractivity (Wildman–Crippen MR) is 97.8 cm³/mol. The van der Waals surface area contributed by atoms with Crippen molar-refractivity contribution < 1.29 is 23.7 Å². The zero-order valence-electron chi connectivity index (χ0n) is 16.2. The van der Waals surface area contributed by atoms with Crippen molar-refractivity contribution in [3.8, 4) is 22.9 Å². The summed E-state index contributed by atoms with van der Waals surface area (Å²) in [6.07, 6.45) is -0.411. The lowest BCUT2D eigenvalue weighted by Gasteiger charge is -2.20. The van der Waals surface area contributed by atoms with Crippen molar-refractivity contribution in [3.05, 3.63) is 29.6 Å². The summed E-state index contributed by atoms with van der Waals surface area (Å²) in [4.78, 5) is 17.1. The fraction of sp³-hybridized carbons (Fsp3) is 0.474. The van der Waals surface area contributed by atoms with Gasteiger partial charge in [-0.15, -0.1) is 0 Å². The molecule has 0 aliphatic rings. The van der Waals surface area contributed by atoms with Crippen LogP contribution in [0, 0.1) is 6.92 Å². The van der Waals surface area contributed by atoms with Crippen molar-refractivity contribution in [2.24, 2.45) is 0 Å². The van der Waals surface area contributed by atoms with Crippen LogP contribution >= 0.6 is 0 Å². The summed E-state index contributed by atoms with van der Waals surface area (Å²) in [6.45, 7) is 8.09. The topological polar surface area (TPSA) is 71.8 Å². The number of methoxy groups -OCH3 is 2. The zero-order valence-corrected chi connectivity index (χ0v) is 16.2. The fourth-order valence-electron chi connectivity index (χ4n) is 2.84. The minimum Gasteiger partial charge on any atom is -0.497 e. The highest BCUT2D eigenvalue weighted by molar-refractivity contribution is 5.90. The lowest BCUT2D eigenvalue weighted by Crippen LogP contribution is -2.19. The van der Waals surface area contributed by atoms with E-state index >= 15 is 0 Å². The normalized spacial score (nSPS) is 11.9. The van der Waals surface area contributed by atoms with Crippen LogP contribution in [0.5, 0.6) is 11.5 Å². The van der Waals surface area contributed by atoms with Crippen LogP contribution in [-0.2, 0) is 9.47 Å². The van der Waals surface area contributed by atoms with Gasteiger partial charge < -0.3 is 18.9 Å². The number of aryl methyl sites for hydroxylation is 1. The van der Waals surface area contributed by atoms with Gasteiger partial charge >= 0.3 is 5.97 Å². The van der Waals surface area contributed by atoms with Gasteiger partial charge in [-0.2, -0.15) is 0 Å². The van der Waals surface area contributed by atoms with E-state index < -0.39 is 12.2 Å². The molecule has 1 unspecified atom stereocenters. The van der Waals surface area contributed by atoms with Crippen LogP contribution in [0.1, 0.15) is 43.2 Å². The molecule has 1 atom stereocenters. The minimum atomic E-state index is -0.433. The Morgan fingerprint density at radius 3 is 2.50 bits per heavy atom. The van der Waals surface area contributed by atoms with E-state index in [1.165, 1.54) is 0 Å². The molecule has 142 valence electrons. The number of ether oxygens (including phenoxy) is 4. The highest BCUT2D eigenvalue weighted by atomic mass is 16.5. The average molecular weight is 362 g/mol. The largest absolute Gasteiger partial charge is 0.497 e. The molecule has 0 radical (unpaired) electrons. The second-order valence-corrected chi connectivity index (χ2v) is 5.58. The smallest absolute Gasteiger partial charge is 0.356 e. The van der Waals surface area contributed by atoms with E-state index in [1.807, 2.05) is 19.9 Å². The van der Waals surface area contributed by atoms with Gasteiger partial charge in [-0.05, 0) is 45.9 Å². The van der Waals surface area contributed by atoms with E-state index in [9.17, 15) is 4.79 Å². The second-order valence-electron chi connectivity index (χ2n) is 5.58. The number of imidazole rings is 1. The Morgan fingerprint density at radius 2 is 1.92 bits per heavy atom. The molecule has 2 aromatic rings. The monoisotopic (exact) mass is 362 g/mol. The van der Waals surface area contributed by atoms with E-state index in [2.05, 4.69) is 4.98 Å². The van der Waals surface area contributed by atoms with E-state index in [-0.39, 0.29) is 6.61 Å². The number of benzene rings is 1. The quantitative estimate of drug-likeness (QED) is 0.668. The van der Waals surface area contributed by atoms with Crippen LogP contribution in [0.25, 0.3) is 11.4 Å². The van der Waals surface area contributed by atoms with Crippen LogP contribution in [0.4, 0.5) is 0 Å². The molecule has 0 N–H and O–H groups in total. The molecule has 0 saturated carbocycles. The van der Waals surface area contributed by atoms with Crippen LogP contribution in [0.15, 0.2) is 18.2 Å². The number of nitrogens with zero attached hydrogens (tertiary/aromatic N) is 2. The Morgan fingerprint density at radius 1 is 1.19 bits per heavy atom. The lowest BCUT2D eigenvalue weighted by molar-refractivity contribution is 0.0195. The molecular formula is C19H26N2O5. The number of hydrogen-bond acceptors (Lipinski definition) is 6. The molecule has 0 fully saturated rings. The van der Waals surface area contributed by atoms with Gasteiger partial charge in [-0.25, -0.2) is 9.78 Å². The van der Waals surface area contributed by atoms with Gasteiger partial charge in [0, 0.05) is 6.61 Å². The maximum Gasteiger partial charge on any atom is 0.356 e. The van der Waals surface area contributed by atoms with E-state index in [0.717, 1.165) is 0 Å². The number of aromatic nitrogens is 2. The molecular weight excluding hydrogens is 336 g/mol. The first-order valence-corrected chi connectivity index (χ1v) is 8.58. The molecule has 7 nitrogen and oxygen atoms in total. The molecule has 0 spiro atoms. The van der Waals surface area contributed by atoms with E-state index in [4.69, 9.17) is 18.9 Å². The number of carbonyl (C=O) groups excluding carboxylic acids is 1. The van der Waals surface area contributed by atoms with Crippen LogP contribution in [-0.4, -0.2) is 43.0 Å². The lowest BCUT2D eigenvalue weighted by atomic mass is 10.1. The summed E-state index contributed by atoms with van der Waals surface area (Å²) in [6, 6.07) is 5.43. The molecule has 0 aliphatic carbocycles. The Labute approximate surface area is 153 Å². The van der Waals surface area contributed by atoms with Crippen molar-refractivity contribution in [3.63, 3.8) is 0 Å². The molecule has 1 aromatic carbocycles. The molecule has 26 heavy (non-hydrogen) atoms. The summed E-state index contributed by atoms with van der Waals surface area (Å²) >= 11 is 0. The third kappa shape index (κ3) is 3.83. The first-order chi connectivity index (χ1) is 12.5. The number of carbonyl (C=O) groups is 1. The Bertz CT molecular complexity index is 770. The first kappa shape index (κ1) is 19.8. The Balaban J connectivity index is 2.73. The maximum atomic E-state index is 12.5. The standard InChI is InChI=1S/C19H26N2O5/c1-7-25-13(4)21-17(19(22)26-8-2)12(3)20-18(21)15-11-14(23-5)9-10-16(15)24-6/h9-11,13H,7-8H2,1-6H3. The van der Waals surface area contributed by atoms with Gasteiger partial charge in [0.25, 0.3) is 0 Å². The van der Waals surface area contributed by atoms with Crippen LogP contribution < -0.4 is 9.47 Å². The van der Waals surface area contributed by atoms with Crippen molar-refractivity contribution >= 4 is 5.97 Å². The van der Waals surface area contributed by atoms with Crippen LogP contribution in [0.3, 0.4) is 0 Å². The molecule has 0 saturated heterocycles. The summed E-state index contributed by atoms with van der Waals surface area (Å²) < 4.78 is 23.5. The fourth-order valence-corrected chi connectivity index (χ4v) is 2.84. The number of rotatable bonds is 8. The predicted octanol–water partition coefficient (Wildman–Crippen LogP) is 3.61. The van der Waals surface area contributed by atoms with Gasteiger partial charge in [0.1, 0.15) is 23.6 Å². The molecule has 2 rings (SSSR count). The highest BCUT2D eigenvalue weighted by Gasteiger charge is 2.27. The van der Waals surface area contributed by atoms with Crippen molar-refractivity contribution in [2.45, 2.75) is 33.9 Å². The maximum absolute atomic E-state index is 12.5. The summed E-state index contributed by atoms with van der Waals surface area (Å²) in [7, 11) is 3.18. The van der Waals surface area contributed by atoms with Gasteiger partial charge in [-0.3, -0.25) is 4.57 Å². The molecule has 1 heterocycles. The molecule has 1 aromatic heterocycles. The number of esters is 1. The Kier molecular flexibility index (Phi) is 6.63. The molecule has 0 aliphatic heterocycles. The third-order valence-corrected chi connectivity index (χ3v) is 3.97. The average Bonchev–Trinajstić information content (AvgIpc) is 2.98. The van der Waals surface area contributed by atoms with Gasteiger partial charge in [0.05, 0.1) is 32.1 Å². The third-order valence-electron chi connectivity index (χ3n) is 3.97. The second kappa shape index (κ2) is 8.71. The van der Waals surface area contributed by atoms with Crippen molar-refractivity contribution in [1.29, 1.82) is 0 Å². The van der Waals surface area contributed by atoms with E-state index in [0.29, 0.717) is 40.9 Å². The van der Waals surface area contributed by atoms with Crippen LogP contribution in [0.2, 0.25) is 0 Å². The SMILES string of the molecule is CCOC(=O)c1c(C)nc(-c2cc(OC)ccc2OC)n1C(C)OCC. The summed E-state index contributed by atoms with van der Waals surface area (Å²) in [5.74, 6) is 1.41. The number of hydrogen-bond donors (Lipinski definition) is 0. The van der Waals surface area contributed by atoms with E-state index in [1.54, 1.807) is 44.8 Å². The highest BCUT2D eigenvalue weighted by Crippen LogP contribution is 2.36. The van der Waals surface area contributed by atoms with Gasteiger partial charge in [0.15, 0.2) is 5.69 Å². The molecule has 7 heteroatoms. The Hall–Kier alpha value is -2.54. The van der Waals surface area contributed by atoms with Crippen molar-refractivity contribution in [2.75, 3.05) is 27.4 Å². The minimum absolute atomic E-state index is 0.282. The zero-order chi connectivity index (χ0) is 19.3. The van der Waals surface area contributed by atoms with Gasteiger partial charge in [0.2, 0.25) is 0 Å². The summed E-state index contributed by atoms with van der Waals surface area (Å²) in [5, 5.41) is 0. The first-order valence-electron chi connectivity index (χ1n) is 8.58. The van der Waals surface area contributed by atoms with Crippen molar-refractivity contribution in [1.82, 2.24) is 9.55 Å². The molecule has 0 bridgehead atoms.